The lowest BCUT2D eigenvalue weighted by atomic mass is 9.98. The third-order valence-corrected chi connectivity index (χ3v) is 6.86. The van der Waals surface area contributed by atoms with Crippen molar-refractivity contribution in [3.8, 4) is 11.5 Å². The van der Waals surface area contributed by atoms with Gasteiger partial charge in [0.05, 0.1) is 19.7 Å². The van der Waals surface area contributed by atoms with Crippen molar-refractivity contribution in [3.05, 3.63) is 52.8 Å². The van der Waals surface area contributed by atoms with Gasteiger partial charge in [-0.1, -0.05) is 11.6 Å². The molecule has 0 saturated carbocycles. The second-order valence-corrected chi connectivity index (χ2v) is 11.0. The molecule has 1 aliphatic heterocycles. The van der Waals surface area contributed by atoms with E-state index in [4.69, 9.17) is 40.9 Å². The SMILES string of the molecule is COc1ccc(CNc2nc3cc(Cl)ccc3c3nc([C@@H]4CCCN(C(=O)OC(C)(C)C)C4)nn23)c(OC)c1. The third kappa shape index (κ3) is 5.80. The Kier molecular flexibility index (Phi) is 7.40. The minimum absolute atomic E-state index is 0.0250. The largest absolute Gasteiger partial charge is 0.497 e. The summed E-state index contributed by atoms with van der Waals surface area (Å²) in [7, 11) is 3.25. The number of fused-ring (bicyclic) bond motifs is 3. The van der Waals surface area contributed by atoms with Crippen molar-refractivity contribution in [2.75, 3.05) is 32.6 Å². The van der Waals surface area contributed by atoms with E-state index in [0.717, 1.165) is 23.8 Å². The highest BCUT2D eigenvalue weighted by atomic mass is 35.5. The van der Waals surface area contributed by atoms with Crippen LogP contribution in [0, 0.1) is 0 Å². The van der Waals surface area contributed by atoms with Gasteiger partial charge in [0.2, 0.25) is 5.95 Å². The lowest BCUT2D eigenvalue weighted by Gasteiger charge is -2.33. The molecule has 2 aromatic carbocycles. The Morgan fingerprint density at radius 3 is 2.69 bits per heavy atom. The molecule has 1 amide bonds. The number of hydrogen-bond donors (Lipinski definition) is 1. The van der Waals surface area contributed by atoms with Crippen LogP contribution in [0.25, 0.3) is 16.6 Å². The number of benzene rings is 2. The highest BCUT2D eigenvalue weighted by molar-refractivity contribution is 6.31. The number of nitrogens with zero attached hydrogens (tertiary/aromatic N) is 5. The summed E-state index contributed by atoms with van der Waals surface area (Å²) in [5.74, 6) is 2.58. The summed E-state index contributed by atoms with van der Waals surface area (Å²) < 4.78 is 18.2. The first-order valence-electron chi connectivity index (χ1n) is 12.9. The quantitative estimate of drug-likeness (QED) is 0.326. The number of methoxy groups -OCH3 is 2. The molecule has 0 spiro atoms. The van der Waals surface area contributed by atoms with Crippen molar-refractivity contribution in [1.82, 2.24) is 24.5 Å². The number of rotatable bonds is 6. The summed E-state index contributed by atoms with van der Waals surface area (Å²) in [6.45, 7) is 7.20. The van der Waals surface area contributed by atoms with Gasteiger partial charge in [0, 0.05) is 47.6 Å². The highest BCUT2D eigenvalue weighted by Crippen LogP contribution is 2.30. The maximum atomic E-state index is 12.7. The van der Waals surface area contributed by atoms with E-state index < -0.39 is 5.60 Å². The Morgan fingerprint density at radius 2 is 1.95 bits per heavy atom. The number of hydrogen-bond acceptors (Lipinski definition) is 8. The molecule has 206 valence electrons. The first-order chi connectivity index (χ1) is 18.6. The molecular weight excluding hydrogens is 520 g/mol. The lowest BCUT2D eigenvalue weighted by molar-refractivity contribution is 0.0196. The molecule has 0 radical (unpaired) electrons. The Balaban J connectivity index is 1.48. The summed E-state index contributed by atoms with van der Waals surface area (Å²) in [6, 6.07) is 11.2. The van der Waals surface area contributed by atoms with E-state index in [1.165, 1.54) is 0 Å². The van der Waals surface area contributed by atoms with Crippen molar-refractivity contribution >= 4 is 40.2 Å². The number of nitrogens with one attached hydrogen (secondary N) is 1. The summed E-state index contributed by atoms with van der Waals surface area (Å²) in [5, 5.41) is 9.70. The van der Waals surface area contributed by atoms with Gasteiger partial charge in [0.25, 0.3) is 0 Å². The van der Waals surface area contributed by atoms with Gasteiger partial charge >= 0.3 is 6.09 Å². The number of piperidine rings is 1. The molecule has 1 saturated heterocycles. The highest BCUT2D eigenvalue weighted by Gasteiger charge is 2.31. The lowest BCUT2D eigenvalue weighted by Crippen LogP contribution is -2.42. The second-order valence-electron chi connectivity index (χ2n) is 10.6. The number of carbonyl (C=O) groups is 1. The Morgan fingerprint density at radius 1 is 1.13 bits per heavy atom. The number of anilines is 1. The number of amides is 1. The standard InChI is InChI=1S/C28H33ClN6O4/c1-28(2,3)39-27(36)34-12-6-7-18(16-34)24-32-25-21-11-9-19(29)13-22(21)31-26(35(25)33-24)30-15-17-8-10-20(37-4)14-23(17)38-5/h8-11,13-14,18H,6-7,12,15-16H2,1-5H3,(H,30,31)/t18-/m1/s1. The molecule has 39 heavy (non-hydrogen) atoms. The molecule has 0 aliphatic carbocycles. The number of ether oxygens (including phenoxy) is 3. The molecule has 10 nitrogen and oxygen atoms in total. The van der Waals surface area contributed by atoms with Crippen LogP contribution in [0.1, 0.15) is 50.9 Å². The van der Waals surface area contributed by atoms with E-state index in [9.17, 15) is 4.79 Å². The van der Waals surface area contributed by atoms with Gasteiger partial charge in [-0.2, -0.15) is 4.52 Å². The van der Waals surface area contributed by atoms with Gasteiger partial charge in [0.15, 0.2) is 11.5 Å². The zero-order valence-corrected chi connectivity index (χ0v) is 23.6. The normalized spacial score (nSPS) is 15.9. The van der Waals surface area contributed by atoms with Gasteiger partial charge in [-0.3, -0.25) is 0 Å². The number of aromatic nitrogens is 4. The zero-order valence-electron chi connectivity index (χ0n) is 22.8. The molecule has 1 N–H and O–H groups in total. The van der Waals surface area contributed by atoms with E-state index >= 15 is 0 Å². The Hall–Kier alpha value is -3.79. The van der Waals surface area contributed by atoms with Crippen LogP contribution in [-0.4, -0.2) is 63.5 Å². The van der Waals surface area contributed by atoms with Crippen molar-refractivity contribution in [2.45, 2.75) is 51.7 Å². The Labute approximate surface area is 232 Å². The maximum absolute atomic E-state index is 12.7. The van der Waals surface area contributed by atoms with Crippen LogP contribution < -0.4 is 14.8 Å². The molecule has 1 atom stereocenters. The molecule has 5 rings (SSSR count). The van der Waals surface area contributed by atoms with Crippen LogP contribution in [0.5, 0.6) is 11.5 Å². The second kappa shape index (κ2) is 10.8. The van der Waals surface area contributed by atoms with E-state index in [0.29, 0.717) is 59.1 Å². The minimum Gasteiger partial charge on any atom is -0.497 e. The predicted octanol–water partition coefficient (Wildman–Crippen LogP) is 5.67. The van der Waals surface area contributed by atoms with Crippen LogP contribution >= 0.6 is 11.6 Å². The minimum atomic E-state index is -0.551. The first kappa shape index (κ1) is 26.8. The van der Waals surface area contributed by atoms with Crippen LogP contribution in [0.4, 0.5) is 10.7 Å². The van der Waals surface area contributed by atoms with Gasteiger partial charge in [-0.25, -0.2) is 14.8 Å². The molecule has 4 aromatic rings. The summed E-state index contributed by atoms with van der Waals surface area (Å²) in [4.78, 5) is 24.3. The monoisotopic (exact) mass is 552 g/mol. The fourth-order valence-electron chi connectivity index (χ4n) is 4.74. The van der Waals surface area contributed by atoms with Crippen LogP contribution in [0.2, 0.25) is 5.02 Å². The topological polar surface area (TPSA) is 103 Å². The number of likely N-dealkylation sites (tertiary alicyclic amines) is 1. The van der Waals surface area contributed by atoms with Crippen molar-refractivity contribution in [3.63, 3.8) is 0 Å². The molecule has 0 bridgehead atoms. The van der Waals surface area contributed by atoms with Crippen LogP contribution in [0.15, 0.2) is 36.4 Å². The predicted molar refractivity (Wildman–Crippen MR) is 150 cm³/mol. The van der Waals surface area contributed by atoms with Crippen molar-refractivity contribution < 1.29 is 19.0 Å². The zero-order chi connectivity index (χ0) is 27.7. The molecule has 0 unspecified atom stereocenters. The van der Waals surface area contributed by atoms with E-state index in [-0.39, 0.29) is 12.0 Å². The molecule has 2 aromatic heterocycles. The summed E-state index contributed by atoms with van der Waals surface area (Å²) in [5.41, 5.74) is 1.76. The van der Waals surface area contributed by atoms with Crippen LogP contribution in [-0.2, 0) is 11.3 Å². The third-order valence-electron chi connectivity index (χ3n) is 6.62. The van der Waals surface area contributed by atoms with E-state index in [1.807, 2.05) is 57.2 Å². The molecule has 1 aliphatic rings. The van der Waals surface area contributed by atoms with Crippen molar-refractivity contribution in [2.24, 2.45) is 0 Å². The fraction of sp³-hybridized carbons (Fsp3) is 0.429. The van der Waals surface area contributed by atoms with Gasteiger partial charge in [-0.15, -0.1) is 5.10 Å². The number of carbonyl (C=O) groups excluding carboxylic acids is 1. The molecule has 3 heterocycles. The smallest absolute Gasteiger partial charge is 0.410 e. The van der Waals surface area contributed by atoms with Crippen LogP contribution in [0.3, 0.4) is 0 Å². The summed E-state index contributed by atoms with van der Waals surface area (Å²) >= 11 is 6.30. The molecule has 11 heteroatoms. The fourth-order valence-corrected chi connectivity index (χ4v) is 4.90. The first-order valence-corrected chi connectivity index (χ1v) is 13.3. The maximum Gasteiger partial charge on any atom is 0.410 e. The van der Waals surface area contributed by atoms with E-state index in [1.54, 1.807) is 23.6 Å². The average molecular weight is 553 g/mol. The van der Waals surface area contributed by atoms with Gasteiger partial charge in [0.1, 0.15) is 17.1 Å². The molecular formula is C28H33ClN6O4. The molecule has 1 fully saturated rings. The van der Waals surface area contributed by atoms with Gasteiger partial charge < -0.3 is 24.4 Å². The Bertz CT molecular complexity index is 1520. The van der Waals surface area contributed by atoms with E-state index in [2.05, 4.69) is 5.32 Å². The average Bonchev–Trinajstić information content (AvgIpc) is 3.36. The summed E-state index contributed by atoms with van der Waals surface area (Å²) in [6.07, 6.45) is 1.41. The van der Waals surface area contributed by atoms with Crippen molar-refractivity contribution in [1.29, 1.82) is 0 Å². The van der Waals surface area contributed by atoms with Gasteiger partial charge in [-0.05, 0) is 63.9 Å². The number of halogens is 1.